The molecule has 1 unspecified atom stereocenters. The van der Waals surface area contributed by atoms with E-state index < -0.39 is 29.6 Å². The summed E-state index contributed by atoms with van der Waals surface area (Å²) in [6.07, 6.45) is -0.732. The number of imide groups is 1. The van der Waals surface area contributed by atoms with E-state index in [1.165, 1.54) is 4.90 Å². The molecular weight excluding hydrogens is 358 g/mol. The van der Waals surface area contributed by atoms with Gasteiger partial charge in [0.15, 0.2) is 0 Å². The predicted molar refractivity (Wildman–Crippen MR) is 105 cm³/mol. The van der Waals surface area contributed by atoms with Crippen LogP contribution in [0.1, 0.15) is 59.6 Å². The monoisotopic (exact) mass is 389 g/mol. The van der Waals surface area contributed by atoms with Gasteiger partial charge in [-0.1, -0.05) is 51.1 Å². The smallest absolute Gasteiger partial charge is 0.417 e. The molecule has 1 aromatic rings. The second-order valence-corrected chi connectivity index (χ2v) is 8.71. The van der Waals surface area contributed by atoms with Crippen LogP contribution in [-0.4, -0.2) is 35.1 Å². The van der Waals surface area contributed by atoms with Crippen molar-refractivity contribution in [3.8, 4) is 0 Å². The summed E-state index contributed by atoms with van der Waals surface area (Å²) in [5.41, 5.74) is 0.195. The lowest BCUT2D eigenvalue weighted by atomic mass is 9.81. The second-order valence-electron chi connectivity index (χ2n) is 8.71. The van der Waals surface area contributed by atoms with Gasteiger partial charge in [0.05, 0.1) is 12.3 Å². The molecule has 0 aromatic heterocycles. The summed E-state index contributed by atoms with van der Waals surface area (Å²) < 4.78 is 10.6. The summed E-state index contributed by atoms with van der Waals surface area (Å²) in [4.78, 5) is 39.4. The summed E-state index contributed by atoms with van der Waals surface area (Å²) in [6, 6.07) is 8.83. The van der Waals surface area contributed by atoms with Gasteiger partial charge in [0.2, 0.25) is 5.91 Å². The Bertz CT molecular complexity index is 707. The van der Waals surface area contributed by atoms with Crippen molar-refractivity contribution < 1.29 is 23.9 Å². The predicted octanol–water partition coefficient (Wildman–Crippen LogP) is 4.35. The van der Waals surface area contributed by atoms with Gasteiger partial charge in [-0.2, -0.15) is 0 Å². The van der Waals surface area contributed by atoms with Crippen LogP contribution < -0.4 is 0 Å². The van der Waals surface area contributed by atoms with Crippen LogP contribution in [0.15, 0.2) is 30.3 Å². The maximum Gasteiger partial charge on any atom is 0.417 e. The molecule has 1 aliphatic rings. The van der Waals surface area contributed by atoms with E-state index in [1.807, 2.05) is 51.1 Å². The summed E-state index contributed by atoms with van der Waals surface area (Å²) in [5.74, 6) is -1.44. The van der Waals surface area contributed by atoms with Crippen molar-refractivity contribution in [3.63, 3.8) is 0 Å². The summed E-state index contributed by atoms with van der Waals surface area (Å²) in [6.45, 7) is 11.4. The minimum Gasteiger partial charge on any atom is -0.460 e. The zero-order valence-corrected chi connectivity index (χ0v) is 17.6. The molecular formula is C22H31NO5. The largest absolute Gasteiger partial charge is 0.460 e. The average molecular weight is 389 g/mol. The molecule has 0 saturated carbocycles. The maximum atomic E-state index is 13.4. The van der Waals surface area contributed by atoms with E-state index in [0.717, 1.165) is 5.56 Å². The third-order valence-corrected chi connectivity index (χ3v) is 5.10. The number of carbonyl (C=O) groups is 3. The van der Waals surface area contributed by atoms with Gasteiger partial charge < -0.3 is 9.47 Å². The molecule has 3 atom stereocenters. The first kappa shape index (κ1) is 21.9. The number of hydrogen-bond donors (Lipinski definition) is 0. The van der Waals surface area contributed by atoms with Gasteiger partial charge in [-0.25, -0.2) is 9.69 Å². The molecule has 1 heterocycles. The Kier molecular flexibility index (Phi) is 6.86. The molecule has 0 aliphatic carbocycles. The van der Waals surface area contributed by atoms with Crippen molar-refractivity contribution in [3.05, 3.63) is 35.9 Å². The highest BCUT2D eigenvalue weighted by Gasteiger charge is 2.44. The van der Waals surface area contributed by atoms with Crippen LogP contribution in [0.25, 0.3) is 0 Å². The minimum atomic E-state index is -0.663. The number of nitrogens with zero attached hydrogens (tertiary/aromatic N) is 1. The third kappa shape index (κ3) is 5.33. The molecule has 1 aromatic carbocycles. The van der Waals surface area contributed by atoms with Crippen LogP contribution in [0.2, 0.25) is 0 Å². The molecule has 0 spiro atoms. The summed E-state index contributed by atoms with van der Waals surface area (Å²) >= 11 is 0. The van der Waals surface area contributed by atoms with Crippen LogP contribution in [0.4, 0.5) is 4.79 Å². The highest BCUT2D eigenvalue weighted by Crippen LogP contribution is 2.34. The Morgan fingerprint density at radius 1 is 1.18 bits per heavy atom. The quantitative estimate of drug-likeness (QED) is 0.677. The maximum absolute atomic E-state index is 13.4. The van der Waals surface area contributed by atoms with Crippen LogP contribution in [0.3, 0.4) is 0 Å². The molecule has 1 fully saturated rings. The van der Waals surface area contributed by atoms with Gasteiger partial charge in [0.25, 0.3) is 0 Å². The molecule has 6 heteroatoms. The first-order chi connectivity index (χ1) is 13.0. The van der Waals surface area contributed by atoms with Crippen LogP contribution >= 0.6 is 0 Å². The van der Waals surface area contributed by atoms with Gasteiger partial charge >= 0.3 is 12.1 Å². The molecule has 2 rings (SSSR count). The standard InChI is InChI=1S/C22H31NO5/c1-14(2)15(3)17(12-19(24)28-22(4,5)6)20(25)23-18(13-27-21(23)26)16-10-8-7-9-11-16/h7-11,14-15,17-18H,12-13H2,1-6H3/t15-,17+,18?/m0/s1. The molecule has 0 N–H and O–H groups in total. The summed E-state index contributed by atoms with van der Waals surface area (Å²) in [5, 5.41) is 0. The van der Waals surface area contributed by atoms with Gasteiger partial charge in [-0.15, -0.1) is 0 Å². The van der Waals surface area contributed by atoms with Crippen molar-refractivity contribution in [1.29, 1.82) is 0 Å². The number of cyclic esters (lactones) is 1. The van der Waals surface area contributed by atoms with Crippen molar-refractivity contribution in [2.24, 2.45) is 17.8 Å². The van der Waals surface area contributed by atoms with Crippen molar-refractivity contribution in [2.45, 2.75) is 59.6 Å². The Balaban J connectivity index is 2.29. The van der Waals surface area contributed by atoms with Crippen molar-refractivity contribution >= 4 is 18.0 Å². The van der Waals surface area contributed by atoms with Crippen LogP contribution in [-0.2, 0) is 19.1 Å². The number of benzene rings is 1. The molecule has 6 nitrogen and oxygen atoms in total. The van der Waals surface area contributed by atoms with E-state index in [9.17, 15) is 14.4 Å². The Hall–Kier alpha value is -2.37. The fourth-order valence-corrected chi connectivity index (χ4v) is 3.29. The van der Waals surface area contributed by atoms with E-state index in [0.29, 0.717) is 0 Å². The number of hydrogen-bond acceptors (Lipinski definition) is 5. The SMILES string of the molecule is CC(C)[C@H](C)[C@@H](CC(=O)OC(C)(C)C)C(=O)N1C(=O)OCC1c1ccccc1. The Morgan fingerprint density at radius 2 is 1.79 bits per heavy atom. The fourth-order valence-electron chi connectivity index (χ4n) is 3.29. The van der Waals surface area contributed by atoms with Gasteiger partial charge in [0.1, 0.15) is 18.2 Å². The molecule has 0 bridgehead atoms. The number of rotatable bonds is 6. The first-order valence-corrected chi connectivity index (χ1v) is 9.78. The molecule has 1 aliphatic heterocycles. The van der Waals surface area contributed by atoms with Crippen LogP contribution in [0.5, 0.6) is 0 Å². The van der Waals surface area contributed by atoms with E-state index >= 15 is 0 Å². The van der Waals surface area contributed by atoms with E-state index in [1.54, 1.807) is 20.8 Å². The van der Waals surface area contributed by atoms with Crippen LogP contribution in [0, 0.1) is 17.8 Å². The molecule has 0 radical (unpaired) electrons. The highest BCUT2D eigenvalue weighted by atomic mass is 16.6. The Morgan fingerprint density at radius 3 is 2.32 bits per heavy atom. The molecule has 1 saturated heterocycles. The van der Waals surface area contributed by atoms with Gasteiger partial charge in [0, 0.05) is 0 Å². The second kappa shape index (κ2) is 8.76. The highest BCUT2D eigenvalue weighted by molar-refractivity contribution is 5.96. The third-order valence-electron chi connectivity index (χ3n) is 5.10. The minimum absolute atomic E-state index is 0.0687. The lowest BCUT2D eigenvalue weighted by Gasteiger charge is -2.31. The summed E-state index contributed by atoms with van der Waals surface area (Å²) in [7, 11) is 0. The molecule has 154 valence electrons. The lowest BCUT2D eigenvalue weighted by Crippen LogP contribution is -2.43. The van der Waals surface area contributed by atoms with E-state index in [2.05, 4.69) is 0 Å². The van der Waals surface area contributed by atoms with E-state index in [-0.39, 0.29) is 30.8 Å². The zero-order chi connectivity index (χ0) is 21.1. The van der Waals surface area contributed by atoms with Gasteiger partial charge in [-0.05, 0) is 38.2 Å². The molecule has 2 amide bonds. The number of amides is 2. The normalized spacial score (nSPS) is 19.3. The van der Waals surface area contributed by atoms with Crippen molar-refractivity contribution in [1.82, 2.24) is 4.90 Å². The lowest BCUT2D eigenvalue weighted by molar-refractivity contribution is -0.159. The van der Waals surface area contributed by atoms with Gasteiger partial charge in [-0.3, -0.25) is 9.59 Å². The Labute approximate surface area is 167 Å². The average Bonchev–Trinajstić information content (AvgIpc) is 2.99. The first-order valence-electron chi connectivity index (χ1n) is 9.78. The number of carbonyl (C=O) groups excluding carboxylic acids is 3. The number of ether oxygens (including phenoxy) is 2. The topological polar surface area (TPSA) is 72.9 Å². The fraction of sp³-hybridized carbons (Fsp3) is 0.591. The van der Waals surface area contributed by atoms with E-state index in [4.69, 9.17) is 9.47 Å². The molecule has 28 heavy (non-hydrogen) atoms. The zero-order valence-electron chi connectivity index (χ0n) is 17.6. The van der Waals surface area contributed by atoms with Crippen molar-refractivity contribution in [2.75, 3.05) is 6.61 Å². The number of esters is 1.